The number of quaternary nitrogens is 1. The van der Waals surface area contributed by atoms with Crippen LogP contribution in [0.3, 0.4) is 0 Å². The molecule has 1 unspecified atom stereocenters. The molecule has 0 heterocycles. The SMILES string of the molecule is C[N+](C)(C)C1C=Cc2ccccc21. The van der Waals surface area contributed by atoms with Crippen LogP contribution in [0.5, 0.6) is 0 Å². The number of hydrogen-bond acceptors (Lipinski definition) is 0. The van der Waals surface area contributed by atoms with E-state index in [4.69, 9.17) is 0 Å². The molecule has 0 N–H and O–H groups in total. The molecule has 13 heavy (non-hydrogen) atoms. The fourth-order valence-electron chi connectivity index (χ4n) is 1.91. The van der Waals surface area contributed by atoms with Gasteiger partial charge in [-0.3, -0.25) is 0 Å². The summed E-state index contributed by atoms with van der Waals surface area (Å²) in [5.41, 5.74) is 2.83. The summed E-state index contributed by atoms with van der Waals surface area (Å²) in [4.78, 5) is 0. The first-order valence-electron chi connectivity index (χ1n) is 4.67. The summed E-state index contributed by atoms with van der Waals surface area (Å²) in [6.07, 6.45) is 4.52. The van der Waals surface area contributed by atoms with Crippen molar-refractivity contribution in [2.45, 2.75) is 6.04 Å². The van der Waals surface area contributed by atoms with Crippen LogP contribution in [0, 0.1) is 0 Å². The normalized spacial score (nSPS) is 20.4. The molecule has 2 rings (SSSR count). The summed E-state index contributed by atoms with van der Waals surface area (Å²) in [6, 6.07) is 9.15. The molecule has 1 aromatic rings. The van der Waals surface area contributed by atoms with Crippen molar-refractivity contribution in [1.82, 2.24) is 0 Å². The first-order chi connectivity index (χ1) is 6.09. The van der Waals surface area contributed by atoms with Crippen LogP contribution in [0.15, 0.2) is 30.3 Å². The van der Waals surface area contributed by atoms with Crippen LogP contribution in [0.1, 0.15) is 17.2 Å². The molecule has 1 atom stereocenters. The largest absolute Gasteiger partial charge is 0.321 e. The van der Waals surface area contributed by atoms with Crippen LogP contribution in [0.25, 0.3) is 6.08 Å². The minimum Gasteiger partial charge on any atom is -0.321 e. The van der Waals surface area contributed by atoms with Crippen LogP contribution in [0.2, 0.25) is 0 Å². The van der Waals surface area contributed by atoms with E-state index in [1.165, 1.54) is 11.1 Å². The Bertz CT molecular complexity index is 344. The lowest BCUT2D eigenvalue weighted by Gasteiger charge is -2.31. The zero-order valence-corrected chi connectivity index (χ0v) is 8.49. The van der Waals surface area contributed by atoms with Gasteiger partial charge in [-0.15, -0.1) is 0 Å². The van der Waals surface area contributed by atoms with E-state index in [0.717, 1.165) is 4.48 Å². The molecular formula is C12H16N+. The van der Waals surface area contributed by atoms with Gasteiger partial charge in [0, 0.05) is 5.56 Å². The van der Waals surface area contributed by atoms with Gasteiger partial charge in [-0.2, -0.15) is 0 Å². The first-order valence-corrected chi connectivity index (χ1v) is 4.67. The van der Waals surface area contributed by atoms with Gasteiger partial charge in [0.2, 0.25) is 0 Å². The fourth-order valence-corrected chi connectivity index (χ4v) is 1.91. The third kappa shape index (κ3) is 1.40. The highest BCUT2D eigenvalue weighted by atomic mass is 15.3. The van der Waals surface area contributed by atoms with Gasteiger partial charge in [-0.25, -0.2) is 0 Å². The predicted molar refractivity (Wildman–Crippen MR) is 56.2 cm³/mol. The van der Waals surface area contributed by atoms with Gasteiger partial charge in [0.25, 0.3) is 0 Å². The van der Waals surface area contributed by atoms with Crippen molar-refractivity contribution >= 4 is 6.08 Å². The monoisotopic (exact) mass is 174 g/mol. The topological polar surface area (TPSA) is 0 Å². The van der Waals surface area contributed by atoms with Crippen LogP contribution < -0.4 is 0 Å². The number of fused-ring (bicyclic) bond motifs is 1. The van der Waals surface area contributed by atoms with Crippen LogP contribution in [-0.4, -0.2) is 25.6 Å². The van der Waals surface area contributed by atoms with Crippen LogP contribution in [0.4, 0.5) is 0 Å². The maximum Gasteiger partial charge on any atom is 0.134 e. The smallest absolute Gasteiger partial charge is 0.134 e. The first kappa shape index (κ1) is 8.52. The van der Waals surface area contributed by atoms with Crippen molar-refractivity contribution in [1.29, 1.82) is 0 Å². The molecule has 68 valence electrons. The van der Waals surface area contributed by atoms with E-state index in [1.807, 2.05) is 0 Å². The second kappa shape index (κ2) is 2.71. The Kier molecular flexibility index (Phi) is 1.77. The summed E-state index contributed by atoms with van der Waals surface area (Å²) >= 11 is 0. The summed E-state index contributed by atoms with van der Waals surface area (Å²) < 4.78 is 0.966. The minimum absolute atomic E-state index is 0.524. The predicted octanol–water partition coefficient (Wildman–Crippen LogP) is 2.46. The maximum atomic E-state index is 2.30. The van der Waals surface area contributed by atoms with E-state index in [1.54, 1.807) is 0 Å². The summed E-state index contributed by atoms with van der Waals surface area (Å²) in [5.74, 6) is 0. The highest BCUT2D eigenvalue weighted by molar-refractivity contribution is 5.61. The number of nitrogens with zero attached hydrogens (tertiary/aromatic N) is 1. The second-order valence-corrected chi connectivity index (χ2v) is 4.55. The van der Waals surface area contributed by atoms with E-state index in [2.05, 4.69) is 57.6 Å². The number of hydrogen-bond donors (Lipinski definition) is 0. The molecule has 0 amide bonds. The molecule has 0 spiro atoms. The minimum atomic E-state index is 0.524. The van der Waals surface area contributed by atoms with Crippen molar-refractivity contribution in [3.8, 4) is 0 Å². The molecule has 0 fully saturated rings. The third-order valence-corrected chi connectivity index (χ3v) is 2.61. The van der Waals surface area contributed by atoms with E-state index in [-0.39, 0.29) is 0 Å². The molecule has 0 aromatic heterocycles. The van der Waals surface area contributed by atoms with Crippen molar-refractivity contribution in [3.05, 3.63) is 41.5 Å². The van der Waals surface area contributed by atoms with E-state index < -0.39 is 0 Å². The molecule has 0 saturated heterocycles. The lowest BCUT2D eigenvalue weighted by atomic mass is 10.1. The average molecular weight is 174 g/mol. The van der Waals surface area contributed by atoms with Gasteiger partial charge in [-0.1, -0.05) is 30.3 Å². The summed E-state index contributed by atoms with van der Waals surface area (Å²) in [5, 5.41) is 0. The third-order valence-electron chi connectivity index (χ3n) is 2.61. The van der Waals surface area contributed by atoms with Crippen molar-refractivity contribution in [2.24, 2.45) is 0 Å². The maximum absolute atomic E-state index is 2.30. The van der Waals surface area contributed by atoms with E-state index in [9.17, 15) is 0 Å². The Morgan fingerprint density at radius 2 is 1.77 bits per heavy atom. The molecule has 0 radical (unpaired) electrons. The zero-order valence-electron chi connectivity index (χ0n) is 8.49. The van der Waals surface area contributed by atoms with Crippen molar-refractivity contribution < 1.29 is 4.48 Å². The van der Waals surface area contributed by atoms with Crippen LogP contribution in [-0.2, 0) is 0 Å². The molecular weight excluding hydrogens is 158 g/mol. The molecule has 0 aliphatic heterocycles. The van der Waals surface area contributed by atoms with Gasteiger partial charge in [0.05, 0.1) is 21.1 Å². The number of rotatable bonds is 1. The lowest BCUT2D eigenvalue weighted by molar-refractivity contribution is -0.894. The summed E-state index contributed by atoms with van der Waals surface area (Å²) in [7, 11) is 6.70. The molecule has 0 saturated carbocycles. The standard InChI is InChI=1S/C12H16N/c1-13(2,3)12-9-8-10-6-4-5-7-11(10)12/h4-9,12H,1-3H3/q+1. The van der Waals surface area contributed by atoms with Gasteiger partial charge >= 0.3 is 0 Å². The lowest BCUT2D eigenvalue weighted by Crippen LogP contribution is -2.37. The van der Waals surface area contributed by atoms with E-state index in [0.29, 0.717) is 6.04 Å². The van der Waals surface area contributed by atoms with Crippen molar-refractivity contribution in [3.63, 3.8) is 0 Å². The van der Waals surface area contributed by atoms with Gasteiger partial charge < -0.3 is 4.48 Å². The Balaban J connectivity index is 2.45. The summed E-state index contributed by atoms with van der Waals surface area (Å²) in [6.45, 7) is 0. The van der Waals surface area contributed by atoms with Crippen LogP contribution >= 0.6 is 0 Å². The highest BCUT2D eigenvalue weighted by Gasteiger charge is 2.27. The average Bonchev–Trinajstić information content (AvgIpc) is 2.45. The van der Waals surface area contributed by atoms with Gasteiger partial charge in [0.15, 0.2) is 0 Å². The molecule has 1 aliphatic carbocycles. The zero-order chi connectivity index (χ0) is 9.47. The number of likely N-dealkylation sites (N-methyl/N-ethyl adjacent to an activating group) is 1. The highest BCUT2D eigenvalue weighted by Crippen LogP contribution is 2.33. The van der Waals surface area contributed by atoms with E-state index >= 15 is 0 Å². The Morgan fingerprint density at radius 1 is 1.08 bits per heavy atom. The molecule has 0 bridgehead atoms. The number of benzene rings is 1. The Labute approximate surface area is 79.9 Å². The second-order valence-electron chi connectivity index (χ2n) is 4.55. The van der Waals surface area contributed by atoms with Crippen molar-refractivity contribution in [2.75, 3.05) is 21.1 Å². The fraction of sp³-hybridized carbons (Fsp3) is 0.333. The molecule has 1 aromatic carbocycles. The quantitative estimate of drug-likeness (QED) is 0.574. The molecule has 1 nitrogen and oxygen atoms in total. The van der Waals surface area contributed by atoms with Gasteiger partial charge in [-0.05, 0) is 11.6 Å². The molecule has 1 aliphatic rings. The molecule has 1 heteroatoms. The van der Waals surface area contributed by atoms with Gasteiger partial charge in [0.1, 0.15) is 6.04 Å². The Hall–Kier alpha value is -1.08. The Morgan fingerprint density at radius 3 is 2.46 bits per heavy atom.